The zero-order chi connectivity index (χ0) is 27.6. The maximum Gasteiger partial charge on any atom is 0.131 e. The molecule has 40 heavy (non-hydrogen) atoms. The quantitative estimate of drug-likeness (QED) is 0.148. The molecular weight excluding hydrogens is 516 g/mol. The van der Waals surface area contributed by atoms with E-state index in [-0.39, 0.29) is 0 Å². The molecule has 0 unspecified atom stereocenters. The minimum atomic E-state index is 0.543. The Bertz CT molecular complexity index is 1470. The number of rotatable bonds is 13. The van der Waals surface area contributed by atoms with Crippen LogP contribution in [-0.2, 0) is 19.5 Å². The molecule has 1 heterocycles. The molecule has 1 aromatic heterocycles. The number of hydrogen-bond donors (Lipinski definition) is 1. The molecule has 0 fully saturated rings. The summed E-state index contributed by atoms with van der Waals surface area (Å²) in [5.74, 6) is 3.20. The summed E-state index contributed by atoms with van der Waals surface area (Å²) in [6.45, 7) is 4.31. The molecule has 0 aliphatic heterocycles. The molecule has 0 aliphatic carbocycles. The van der Waals surface area contributed by atoms with E-state index >= 15 is 0 Å². The number of nitrogens with zero attached hydrogens (tertiary/aromatic N) is 1. The molecule has 0 saturated carbocycles. The summed E-state index contributed by atoms with van der Waals surface area (Å²) in [5.41, 5.74) is 6.07. The van der Waals surface area contributed by atoms with E-state index in [1.165, 1.54) is 22.4 Å². The van der Waals surface area contributed by atoms with E-state index < -0.39 is 0 Å². The van der Waals surface area contributed by atoms with Gasteiger partial charge in [-0.3, -0.25) is 0 Å². The van der Waals surface area contributed by atoms with Crippen LogP contribution in [0, 0.1) is 6.92 Å². The summed E-state index contributed by atoms with van der Waals surface area (Å²) in [7, 11) is 0. The van der Waals surface area contributed by atoms with E-state index in [0.717, 1.165) is 48.2 Å². The molecule has 0 amide bonds. The molecule has 0 radical (unpaired) electrons. The molecule has 0 atom stereocenters. The van der Waals surface area contributed by atoms with Crippen molar-refractivity contribution in [3.63, 3.8) is 0 Å². The zero-order valence-corrected chi connectivity index (χ0v) is 23.7. The molecule has 5 rings (SSSR count). The van der Waals surface area contributed by atoms with Gasteiger partial charge in [0.05, 0.1) is 12.9 Å². The van der Waals surface area contributed by atoms with Crippen molar-refractivity contribution in [2.75, 3.05) is 22.5 Å². The van der Waals surface area contributed by atoms with E-state index in [1.54, 1.807) is 18.2 Å². The van der Waals surface area contributed by atoms with E-state index in [2.05, 4.69) is 77.2 Å². The Labute approximate surface area is 240 Å². The molecule has 0 spiro atoms. The predicted molar refractivity (Wildman–Crippen MR) is 166 cm³/mol. The zero-order valence-electron chi connectivity index (χ0n) is 22.9. The van der Waals surface area contributed by atoms with Crippen LogP contribution in [0.3, 0.4) is 0 Å². The summed E-state index contributed by atoms with van der Waals surface area (Å²) >= 11 is 1.61. The first kappa shape index (κ1) is 27.3. The second kappa shape index (κ2) is 13.7. The smallest absolute Gasteiger partial charge is 0.131 e. The fourth-order valence-corrected chi connectivity index (χ4v) is 5.03. The van der Waals surface area contributed by atoms with E-state index in [9.17, 15) is 0 Å². The lowest BCUT2D eigenvalue weighted by atomic mass is 10.1. The highest BCUT2D eigenvalue weighted by atomic mass is 32.2. The van der Waals surface area contributed by atoms with Gasteiger partial charge in [-0.15, -0.1) is 0 Å². The van der Waals surface area contributed by atoms with Crippen LogP contribution in [0.15, 0.2) is 120 Å². The number of ether oxygens (including phenoxy) is 2. The minimum Gasteiger partial charge on any atom is -0.493 e. The summed E-state index contributed by atoms with van der Waals surface area (Å²) in [5, 5.41) is 0. The highest BCUT2D eigenvalue weighted by molar-refractivity contribution is 7.99. The topological polar surface area (TPSA) is 46.9 Å². The van der Waals surface area contributed by atoms with Gasteiger partial charge in [0, 0.05) is 43.2 Å². The van der Waals surface area contributed by atoms with E-state index in [1.807, 2.05) is 54.8 Å². The number of benzene rings is 4. The maximum atomic E-state index is 6.15. The molecule has 6 heteroatoms. The first-order valence-electron chi connectivity index (χ1n) is 13.4. The molecule has 0 bridgehead atoms. The highest BCUT2D eigenvalue weighted by Gasteiger charge is 2.14. The van der Waals surface area contributed by atoms with Crippen LogP contribution >= 0.6 is 11.9 Å². The molecular formula is C34H34N2O3S. The Morgan fingerprint density at radius 2 is 1.50 bits per heavy atom. The molecule has 0 saturated heterocycles. The number of nitrogens with one attached hydrogen (secondary N) is 1. The Morgan fingerprint density at radius 1 is 0.750 bits per heavy atom. The van der Waals surface area contributed by atoms with Crippen LogP contribution in [0.1, 0.15) is 22.5 Å². The summed E-state index contributed by atoms with van der Waals surface area (Å²) in [4.78, 5) is 2.43. The van der Waals surface area contributed by atoms with Gasteiger partial charge in [-0.2, -0.15) is 0 Å². The van der Waals surface area contributed by atoms with Crippen molar-refractivity contribution in [2.45, 2.75) is 26.4 Å². The summed E-state index contributed by atoms with van der Waals surface area (Å²) in [6, 6.07) is 36.9. The van der Waals surface area contributed by atoms with Gasteiger partial charge in [0.1, 0.15) is 23.0 Å². The lowest BCUT2D eigenvalue weighted by Gasteiger charge is -2.28. The third-order valence-corrected chi connectivity index (χ3v) is 7.03. The molecule has 5 nitrogen and oxygen atoms in total. The van der Waals surface area contributed by atoms with Gasteiger partial charge >= 0.3 is 0 Å². The first-order chi connectivity index (χ1) is 19.7. The van der Waals surface area contributed by atoms with Gasteiger partial charge in [0.25, 0.3) is 0 Å². The van der Waals surface area contributed by atoms with Crippen LogP contribution in [-0.4, -0.2) is 12.9 Å². The number of anilines is 2. The van der Waals surface area contributed by atoms with Gasteiger partial charge in [-0.25, -0.2) is 0 Å². The molecule has 0 aliphatic rings. The fraction of sp³-hybridized carbons (Fsp3) is 0.176. The summed E-state index contributed by atoms with van der Waals surface area (Å²) < 4.78 is 20.8. The Balaban J connectivity index is 1.26. The molecule has 204 valence electrons. The third kappa shape index (κ3) is 7.42. The van der Waals surface area contributed by atoms with Crippen LogP contribution < -0.4 is 19.1 Å². The van der Waals surface area contributed by atoms with Gasteiger partial charge in [-0.1, -0.05) is 66.5 Å². The van der Waals surface area contributed by atoms with Crippen LogP contribution in [0.25, 0.3) is 0 Å². The van der Waals surface area contributed by atoms with Crippen molar-refractivity contribution in [1.82, 2.24) is 0 Å². The van der Waals surface area contributed by atoms with Crippen LogP contribution in [0.4, 0.5) is 11.4 Å². The van der Waals surface area contributed by atoms with Crippen molar-refractivity contribution in [1.29, 1.82) is 0 Å². The average molecular weight is 551 g/mol. The molecule has 1 N–H and O–H groups in total. The van der Waals surface area contributed by atoms with Crippen molar-refractivity contribution in [2.24, 2.45) is 0 Å². The normalized spacial score (nSPS) is 10.8. The second-order valence-electron chi connectivity index (χ2n) is 9.50. The van der Waals surface area contributed by atoms with E-state index in [4.69, 9.17) is 13.9 Å². The predicted octanol–water partition coefficient (Wildman–Crippen LogP) is 8.90. The van der Waals surface area contributed by atoms with Crippen LogP contribution in [0.5, 0.6) is 17.2 Å². The standard InChI is InChI=1S/C34H34N2O3S/c1-26-33(35-40-2)14-7-15-34(26)36(24-27-9-4-3-5-10-27)25-28-16-18-30(19-17-28)39-32-12-6-11-31(23-32)38-22-20-29-13-8-21-37-29/h3-19,21,23,35H,20,22,24-25H2,1-2H3. The van der Waals surface area contributed by atoms with Crippen molar-refractivity contribution in [3.8, 4) is 17.2 Å². The largest absolute Gasteiger partial charge is 0.493 e. The Hall–Kier alpha value is -4.29. The van der Waals surface area contributed by atoms with Gasteiger partial charge in [0.15, 0.2) is 0 Å². The Kier molecular flexibility index (Phi) is 9.33. The van der Waals surface area contributed by atoms with Gasteiger partial charge < -0.3 is 23.5 Å². The minimum absolute atomic E-state index is 0.543. The maximum absolute atomic E-state index is 6.15. The Morgan fingerprint density at radius 3 is 2.25 bits per heavy atom. The lowest BCUT2D eigenvalue weighted by molar-refractivity contribution is 0.308. The average Bonchev–Trinajstić information content (AvgIpc) is 3.50. The van der Waals surface area contributed by atoms with Gasteiger partial charge in [-0.05, 0) is 72.1 Å². The van der Waals surface area contributed by atoms with Crippen molar-refractivity contribution < 1.29 is 13.9 Å². The first-order valence-corrected chi connectivity index (χ1v) is 14.6. The van der Waals surface area contributed by atoms with E-state index in [0.29, 0.717) is 6.61 Å². The SMILES string of the molecule is CSNc1cccc(N(Cc2ccccc2)Cc2ccc(Oc3cccc(OCCc4ccco4)c3)cc2)c1C. The monoisotopic (exact) mass is 550 g/mol. The van der Waals surface area contributed by atoms with Gasteiger partial charge in [0.2, 0.25) is 0 Å². The van der Waals surface area contributed by atoms with Crippen molar-refractivity contribution in [3.05, 3.63) is 138 Å². The number of hydrogen-bond acceptors (Lipinski definition) is 6. The van der Waals surface area contributed by atoms with Crippen LogP contribution in [0.2, 0.25) is 0 Å². The molecule has 4 aromatic carbocycles. The fourth-order valence-electron chi connectivity index (χ4n) is 4.59. The highest BCUT2D eigenvalue weighted by Crippen LogP contribution is 2.31. The summed E-state index contributed by atoms with van der Waals surface area (Å²) in [6.07, 6.45) is 4.45. The number of furan rings is 1. The molecule has 5 aromatic rings. The lowest BCUT2D eigenvalue weighted by Crippen LogP contribution is -2.23. The second-order valence-corrected chi connectivity index (χ2v) is 10.1. The third-order valence-electron chi connectivity index (χ3n) is 6.61. The van der Waals surface area contributed by atoms with Crippen molar-refractivity contribution >= 4 is 23.3 Å².